The Kier molecular flexibility index (Phi) is 7.36. The quantitative estimate of drug-likeness (QED) is 0.666. The monoisotopic (exact) mass is 313 g/mol. The molecule has 2 nitrogen and oxygen atoms in total. The smallest absolute Gasteiger partial charge is 0.0637 e. The van der Waals surface area contributed by atoms with E-state index < -0.39 is 0 Å². The minimum atomic E-state index is 0.584. The van der Waals surface area contributed by atoms with Crippen LogP contribution in [0.2, 0.25) is 0 Å². The summed E-state index contributed by atoms with van der Waals surface area (Å²) in [5, 5.41) is 0.896. The lowest BCUT2D eigenvalue weighted by Crippen LogP contribution is -2.37. The van der Waals surface area contributed by atoms with Crippen LogP contribution in [0, 0.1) is 0 Å². The number of anilines is 1. The Morgan fingerprint density at radius 1 is 1.22 bits per heavy atom. The number of para-hydroxylation sites is 1. The minimum absolute atomic E-state index is 0.584. The Labute approximate surface area is 119 Å². The van der Waals surface area contributed by atoms with E-state index in [2.05, 4.69) is 58.9 Å². The van der Waals surface area contributed by atoms with Gasteiger partial charge in [-0.2, -0.15) is 0 Å². The van der Waals surface area contributed by atoms with Gasteiger partial charge in [-0.3, -0.25) is 0 Å². The molecule has 0 unspecified atom stereocenters. The van der Waals surface area contributed by atoms with Crippen LogP contribution in [0.15, 0.2) is 24.3 Å². The highest BCUT2D eigenvalue weighted by Crippen LogP contribution is 2.26. The van der Waals surface area contributed by atoms with Gasteiger partial charge in [0.2, 0.25) is 0 Å². The van der Waals surface area contributed by atoms with Gasteiger partial charge in [0.15, 0.2) is 0 Å². The van der Waals surface area contributed by atoms with Gasteiger partial charge in [0, 0.05) is 30.7 Å². The van der Waals surface area contributed by atoms with E-state index in [0.717, 1.165) is 31.3 Å². The molecule has 0 fully saturated rings. The zero-order valence-corrected chi connectivity index (χ0v) is 13.2. The highest BCUT2D eigenvalue weighted by molar-refractivity contribution is 9.08. The van der Waals surface area contributed by atoms with Gasteiger partial charge in [-0.05, 0) is 24.5 Å². The zero-order valence-electron chi connectivity index (χ0n) is 11.7. The third-order valence-corrected chi connectivity index (χ3v) is 3.97. The van der Waals surface area contributed by atoms with Crippen LogP contribution in [0.1, 0.15) is 32.3 Å². The number of rotatable bonds is 8. The molecular formula is C15H24BrNO. The van der Waals surface area contributed by atoms with Crippen LogP contribution in [0.4, 0.5) is 5.69 Å². The molecule has 0 saturated heterocycles. The summed E-state index contributed by atoms with van der Waals surface area (Å²) in [7, 11) is 1.77. The minimum Gasteiger partial charge on any atom is -0.383 e. The second-order valence-corrected chi connectivity index (χ2v) is 4.98. The number of nitrogens with zero attached hydrogens (tertiary/aromatic N) is 1. The summed E-state index contributed by atoms with van der Waals surface area (Å²) >= 11 is 3.58. The molecule has 3 heteroatoms. The average Bonchev–Trinajstić information content (AvgIpc) is 2.43. The second kappa shape index (κ2) is 8.54. The number of alkyl halides is 1. The van der Waals surface area contributed by atoms with Crippen LogP contribution >= 0.6 is 15.9 Å². The molecule has 1 rings (SSSR count). The van der Waals surface area contributed by atoms with Crippen molar-refractivity contribution < 1.29 is 4.74 Å². The molecule has 0 aliphatic rings. The number of benzene rings is 1. The average molecular weight is 314 g/mol. The second-order valence-electron chi connectivity index (χ2n) is 4.42. The molecular weight excluding hydrogens is 290 g/mol. The molecule has 0 radical (unpaired) electrons. The number of ether oxygens (including phenoxy) is 1. The molecule has 0 saturated carbocycles. The Hall–Kier alpha value is -0.540. The standard InChI is InChI=1S/C15H24BrNO/c1-4-14(5-2)17(10-11-18-3)15-9-7-6-8-13(15)12-16/h6-9,14H,4-5,10-12H2,1-3H3. The molecule has 0 amide bonds. The van der Waals surface area contributed by atoms with Crippen LogP contribution in [0.25, 0.3) is 0 Å². The fourth-order valence-electron chi connectivity index (χ4n) is 2.32. The van der Waals surface area contributed by atoms with Gasteiger partial charge in [0.25, 0.3) is 0 Å². The van der Waals surface area contributed by atoms with Gasteiger partial charge in [-0.25, -0.2) is 0 Å². The van der Waals surface area contributed by atoms with Crippen molar-refractivity contribution in [2.75, 3.05) is 25.2 Å². The maximum absolute atomic E-state index is 5.25. The van der Waals surface area contributed by atoms with Crippen molar-refractivity contribution in [3.63, 3.8) is 0 Å². The van der Waals surface area contributed by atoms with E-state index in [1.54, 1.807) is 7.11 Å². The van der Waals surface area contributed by atoms with Crippen molar-refractivity contribution in [1.29, 1.82) is 0 Å². The van der Waals surface area contributed by atoms with Crippen molar-refractivity contribution >= 4 is 21.6 Å². The summed E-state index contributed by atoms with van der Waals surface area (Å²) in [5.41, 5.74) is 2.68. The number of methoxy groups -OCH3 is 1. The highest BCUT2D eigenvalue weighted by atomic mass is 79.9. The highest BCUT2D eigenvalue weighted by Gasteiger charge is 2.17. The Morgan fingerprint density at radius 3 is 2.44 bits per heavy atom. The van der Waals surface area contributed by atoms with Crippen LogP contribution < -0.4 is 4.90 Å². The summed E-state index contributed by atoms with van der Waals surface area (Å²) in [4.78, 5) is 2.49. The molecule has 0 bridgehead atoms. The van der Waals surface area contributed by atoms with E-state index in [4.69, 9.17) is 4.74 Å². The third kappa shape index (κ3) is 3.99. The molecule has 0 aromatic heterocycles. The molecule has 0 N–H and O–H groups in total. The predicted octanol–water partition coefficient (Wildman–Crippen LogP) is 4.22. The van der Waals surface area contributed by atoms with Crippen molar-refractivity contribution in [3.05, 3.63) is 29.8 Å². The van der Waals surface area contributed by atoms with Crippen LogP contribution in [0.5, 0.6) is 0 Å². The summed E-state index contributed by atoms with van der Waals surface area (Å²) in [6.07, 6.45) is 2.33. The van der Waals surface area contributed by atoms with Gasteiger partial charge in [-0.15, -0.1) is 0 Å². The van der Waals surface area contributed by atoms with Crippen LogP contribution in [-0.4, -0.2) is 26.3 Å². The lowest BCUT2D eigenvalue weighted by Gasteiger charge is -2.34. The molecule has 1 aromatic rings. The molecule has 0 aliphatic carbocycles. The van der Waals surface area contributed by atoms with Crippen molar-refractivity contribution in [3.8, 4) is 0 Å². The summed E-state index contributed by atoms with van der Waals surface area (Å²) in [6, 6.07) is 9.20. The zero-order chi connectivity index (χ0) is 13.4. The molecule has 0 atom stereocenters. The van der Waals surface area contributed by atoms with Crippen molar-refractivity contribution in [2.24, 2.45) is 0 Å². The summed E-state index contributed by atoms with van der Waals surface area (Å²) < 4.78 is 5.25. The maximum atomic E-state index is 5.25. The first-order chi connectivity index (χ1) is 8.78. The molecule has 0 aliphatic heterocycles. The van der Waals surface area contributed by atoms with Gasteiger partial charge in [-0.1, -0.05) is 48.0 Å². The number of halogens is 1. The van der Waals surface area contributed by atoms with E-state index in [-0.39, 0.29) is 0 Å². The molecule has 1 aromatic carbocycles. The summed E-state index contributed by atoms with van der Waals surface area (Å²) in [5.74, 6) is 0. The number of hydrogen-bond donors (Lipinski definition) is 0. The molecule has 102 valence electrons. The van der Waals surface area contributed by atoms with E-state index >= 15 is 0 Å². The summed E-state index contributed by atoms with van der Waals surface area (Å²) in [6.45, 7) is 6.23. The van der Waals surface area contributed by atoms with Gasteiger partial charge in [0.1, 0.15) is 0 Å². The SMILES string of the molecule is CCC(CC)N(CCOC)c1ccccc1CBr. The first-order valence-electron chi connectivity index (χ1n) is 6.67. The van der Waals surface area contributed by atoms with Crippen LogP contribution in [0.3, 0.4) is 0 Å². The first-order valence-corrected chi connectivity index (χ1v) is 7.80. The molecule has 0 spiro atoms. The van der Waals surface area contributed by atoms with Gasteiger partial charge >= 0.3 is 0 Å². The Bertz CT molecular complexity index is 339. The normalized spacial score (nSPS) is 10.9. The Morgan fingerprint density at radius 2 is 1.89 bits per heavy atom. The fourth-order valence-corrected chi connectivity index (χ4v) is 2.80. The first kappa shape index (κ1) is 15.5. The molecule has 0 heterocycles. The van der Waals surface area contributed by atoms with E-state index in [1.807, 2.05) is 0 Å². The lowest BCUT2D eigenvalue weighted by atomic mass is 10.1. The third-order valence-electron chi connectivity index (χ3n) is 3.36. The van der Waals surface area contributed by atoms with E-state index in [1.165, 1.54) is 11.3 Å². The predicted molar refractivity (Wildman–Crippen MR) is 82.7 cm³/mol. The number of hydrogen-bond acceptors (Lipinski definition) is 2. The topological polar surface area (TPSA) is 12.5 Å². The van der Waals surface area contributed by atoms with Crippen LogP contribution in [-0.2, 0) is 10.1 Å². The van der Waals surface area contributed by atoms with E-state index in [9.17, 15) is 0 Å². The molecule has 18 heavy (non-hydrogen) atoms. The largest absolute Gasteiger partial charge is 0.383 e. The fraction of sp³-hybridized carbons (Fsp3) is 0.600. The Balaban J connectivity index is 2.99. The van der Waals surface area contributed by atoms with E-state index in [0.29, 0.717) is 6.04 Å². The van der Waals surface area contributed by atoms with Crippen molar-refractivity contribution in [1.82, 2.24) is 0 Å². The van der Waals surface area contributed by atoms with Gasteiger partial charge < -0.3 is 9.64 Å². The van der Waals surface area contributed by atoms with Gasteiger partial charge in [0.05, 0.1) is 6.61 Å². The lowest BCUT2D eigenvalue weighted by molar-refractivity contribution is 0.202. The van der Waals surface area contributed by atoms with Crippen molar-refractivity contribution in [2.45, 2.75) is 38.1 Å². The maximum Gasteiger partial charge on any atom is 0.0637 e.